The Balaban J connectivity index is 2.17. The first-order chi connectivity index (χ1) is 11.5. The van der Waals surface area contributed by atoms with Crippen molar-refractivity contribution in [1.29, 1.82) is 0 Å². The number of thioether (sulfide) groups is 1. The van der Waals surface area contributed by atoms with Crippen LogP contribution in [0.4, 0.5) is 10.1 Å². The first-order valence-electron chi connectivity index (χ1n) is 7.02. The van der Waals surface area contributed by atoms with E-state index in [2.05, 4.69) is 20.0 Å². The summed E-state index contributed by atoms with van der Waals surface area (Å²) in [6.07, 6.45) is 4.69. The normalized spacial score (nSPS) is 11.6. The van der Waals surface area contributed by atoms with Crippen LogP contribution in [0, 0.1) is 11.7 Å². The molecule has 2 aromatic rings. The van der Waals surface area contributed by atoms with E-state index in [-0.39, 0.29) is 12.1 Å². The molecular formula is C16H16FN3O3S. The number of carbonyl (C=O) groups excluding carboxylic acids is 2. The number of aromatic nitrogens is 2. The number of rotatable bonds is 6. The van der Waals surface area contributed by atoms with Gasteiger partial charge in [-0.25, -0.2) is 14.4 Å². The topological polar surface area (TPSA) is 81.2 Å². The molecule has 1 aromatic carbocycles. The van der Waals surface area contributed by atoms with Crippen molar-refractivity contribution >= 4 is 29.3 Å². The molecule has 0 fully saturated rings. The van der Waals surface area contributed by atoms with Gasteiger partial charge in [-0.2, -0.15) is 0 Å². The Kier molecular flexibility index (Phi) is 6.25. The molecule has 1 heterocycles. The van der Waals surface area contributed by atoms with Crippen LogP contribution in [-0.4, -0.2) is 35.2 Å². The number of hydrogen-bond acceptors (Lipinski definition) is 6. The van der Waals surface area contributed by atoms with E-state index >= 15 is 0 Å². The first-order valence-corrected chi connectivity index (χ1v) is 8.24. The molecule has 0 aliphatic rings. The van der Waals surface area contributed by atoms with Crippen LogP contribution >= 0.6 is 11.8 Å². The second kappa shape index (κ2) is 8.39. The predicted octanol–water partition coefficient (Wildman–Crippen LogP) is 2.31. The minimum atomic E-state index is -1.13. The third kappa shape index (κ3) is 4.51. The zero-order valence-corrected chi connectivity index (χ0v) is 14.0. The highest BCUT2D eigenvalue weighted by atomic mass is 32.2. The molecule has 0 radical (unpaired) electrons. The smallest absolute Gasteiger partial charge is 0.318 e. The SMILES string of the molecule is COC(=O)[C@H](Cc1ccncn1)C(=O)Nc1ccc(SC)cc1F. The third-order valence-electron chi connectivity index (χ3n) is 3.29. The summed E-state index contributed by atoms with van der Waals surface area (Å²) in [5.41, 5.74) is 0.517. The minimum absolute atomic E-state index is 0.00869. The maximum Gasteiger partial charge on any atom is 0.318 e. The molecule has 1 atom stereocenters. The molecule has 0 aliphatic heterocycles. The van der Waals surface area contributed by atoms with E-state index in [4.69, 9.17) is 0 Å². The van der Waals surface area contributed by atoms with E-state index in [9.17, 15) is 14.0 Å². The lowest BCUT2D eigenvalue weighted by Crippen LogP contribution is -2.32. The van der Waals surface area contributed by atoms with Gasteiger partial charge in [-0.15, -0.1) is 11.8 Å². The molecular weight excluding hydrogens is 333 g/mol. The standard InChI is InChI=1S/C16H16FN3O3S/c1-23-16(22)12(7-10-5-6-18-9-19-10)15(21)20-14-4-3-11(24-2)8-13(14)17/h3-6,8-9,12H,7H2,1-2H3,(H,20,21)/t12-/m1/s1. The highest BCUT2D eigenvalue weighted by molar-refractivity contribution is 7.98. The van der Waals surface area contributed by atoms with Crippen LogP contribution in [0.5, 0.6) is 0 Å². The molecule has 0 saturated heterocycles. The Labute approximate surface area is 142 Å². The summed E-state index contributed by atoms with van der Waals surface area (Å²) in [5.74, 6) is -3.08. The number of hydrogen-bond donors (Lipinski definition) is 1. The average Bonchev–Trinajstić information content (AvgIpc) is 2.61. The number of carbonyl (C=O) groups is 2. The average molecular weight is 349 g/mol. The van der Waals surface area contributed by atoms with Crippen LogP contribution in [-0.2, 0) is 20.7 Å². The fourth-order valence-corrected chi connectivity index (χ4v) is 2.44. The van der Waals surface area contributed by atoms with Gasteiger partial charge in [0, 0.05) is 23.2 Å². The first kappa shape index (κ1) is 17.9. The van der Waals surface area contributed by atoms with Gasteiger partial charge in [0.05, 0.1) is 12.8 Å². The molecule has 0 bridgehead atoms. The number of amides is 1. The minimum Gasteiger partial charge on any atom is -0.468 e. The van der Waals surface area contributed by atoms with Crippen molar-refractivity contribution in [1.82, 2.24) is 9.97 Å². The van der Waals surface area contributed by atoms with Crippen LogP contribution in [0.2, 0.25) is 0 Å². The van der Waals surface area contributed by atoms with Gasteiger partial charge in [-0.05, 0) is 30.5 Å². The highest BCUT2D eigenvalue weighted by Crippen LogP contribution is 2.22. The Morgan fingerprint density at radius 2 is 2.17 bits per heavy atom. The van der Waals surface area contributed by atoms with E-state index in [1.54, 1.807) is 12.1 Å². The molecule has 0 spiro atoms. The van der Waals surface area contributed by atoms with E-state index in [1.165, 1.54) is 43.5 Å². The molecule has 0 aliphatic carbocycles. The van der Waals surface area contributed by atoms with E-state index in [1.807, 2.05) is 6.26 Å². The molecule has 8 heteroatoms. The van der Waals surface area contributed by atoms with E-state index in [0.717, 1.165) is 4.90 Å². The summed E-state index contributed by atoms with van der Waals surface area (Å²) in [5, 5.41) is 2.43. The summed E-state index contributed by atoms with van der Waals surface area (Å²) >= 11 is 1.39. The van der Waals surface area contributed by atoms with Gasteiger partial charge in [0.25, 0.3) is 0 Å². The number of esters is 1. The lowest BCUT2D eigenvalue weighted by molar-refractivity contribution is -0.148. The maximum atomic E-state index is 14.0. The molecule has 6 nitrogen and oxygen atoms in total. The lowest BCUT2D eigenvalue weighted by atomic mass is 10.0. The Hall–Kier alpha value is -2.48. The molecule has 0 unspecified atom stereocenters. The van der Waals surface area contributed by atoms with Crippen molar-refractivity contribution in [3.63, 3.8) is 0 Å². The van der Waals surface area contributed by atoms with Gasteiger partial charge in [0.2, 0.25) is 5.91 Å². The molecule has 2 rings (SSSR count). The number of anilines is 1. The van der Waals surface area contributed by atoms with Crippen molar-refractivity contribution in [2.45, 2.75) is 11.3 Å². The second-order valence-corrected chi connectivity index (χ2v) is 5.70. The summed E-state index contributed by atoms with van der Waals surface area (Å²) in [6.45, 7) is 0. The van der Waals surface area contributed by atoms with Gasteiger partial charge in [0.1, 0.15) is 18.1 Å². The fraction of sp³-hybridized carbons (Fsp3) is 0.250. The number of nitrogens with one attached hydrogen (secondary N) is 1. The molecule has 1 N–H and O–H groups in total. The van der Waals surface area contributed by atoms with Crippen LogP contribution in [0.3, 0.4) is 0 Å². The molecule has 126 valence electrons. The zero-order chi connectivity index (χ0) is 17.5. The summed E-state index contributed by atoms with van der Waals surface area (Å²) < 4.78 is 18.7. The van der Waals surface area contributed by atoms with Crippen LogP contribution in [0.1, 0.15) is 5.69 Å². The lowest BCUT2D eigenvalue weighted by Gasteiger charge is -2.15. The summed E-state index contributed by atoms with van der Waals surface area (Å²) in [7, 11) is 1.19. The number of nitrogens with zero attached hydrogens (tertiary/aromatic N) is 2. The van der Waals surface area contributed by atoms with Gasteiger partial charge in [-0.3, -0.25) is 9.59 Å². The second-order valence-electron chi connectivity index (χ2n) is 4.82. The van der Waals surface area contributed by atoms with Gasteiger partial charge in [-0.1, -0.05) is 0 Å². The Bertz CT molecular complexity index is 728. The molecule has 1 amide bonds. The van der Waals surface area contributed by atoms with E-state index in [0.29, 0.717) is 5.69 Å². The Morgan fingerprint density at radius 3 is 2.75 bits per heavy atom. The van der Waals surface area contributed by atoms with Crippen molar-refractivity contribution in [2.75, 3.05) is 18.7 Å². The van der Waals surface area contributed by atoms with E-state index < -0.39 is 23.6 Å². The quantitative estimate of drug-likeness (QED) is 0.490. The number of methoxy groups -OCH3 is 1. The number of halogens is 1. The predicted molar refractivity (Wildman–Crippen MR) is 88.1 cm³/mol. The van der Waals surface area contributed by atoms with Gasteiger partial charge in [0.15, 0.2) is 0 Å². The highest BCUT2D eigenvalue weighted by Gasteiger charge is 2.29. The van der Waals surface area contributed by atoms with Gasteiger partial charge >= 0.3 is 5.97 Å². The molecule has 0 saturated carbocycles. The van der Waals surface area contributed by atoms with Crippen LogP contribution in [0.25, 0.3) is 0 Å². The third-order valence-corrected chi connectivity index (χ3v) is 4.02. The largest absolute Gasteiger partial charge is 0.468 e. The maximum absolute atomic E-state index is 14.0. The summed E-state index contributed by atoms with van der Waals surface area (Å²) in [6, 6.07) is 6.05. The number of benzene rings is 1. The monoisotopic (exact) mass is 349 g/mol. The fourth-order valence-electron chi connectivity index (χ4n) is 2.02. The number of ether oxygens (including phenoxy) is 1. The molecule has 1 aromatic heterocycles. The van der Waals surface area contributed by atoms with Crippen molar-refractivity contribution in [3.05, 3.63) is 48.3 Å². The van der Waals surface area contributed by atoms with Crippen LogP contribution < -0.4 is 5.32 Å². The zero-order valence-electron chi connectivity index (χ0n) is 13.2. The molecule has 24 heavy (non-hydrogen) atoms. The van der Waals surface area contributed by atoms with Crippen LogP contribution in [0.15, 0.2) is 41.7 Å². The summed E-state index contributed by atoms with van der Waals surface area (Å²) in [4.78, 5) is 32.8. The Morgan fingerprint density at radius 1 is 1.38 bits per heavy atom. The van der Waals surface area contributed by atoms with Crippen molar-refractivity contribution in [3.8, 4) is 0 Å². The van der Waals surface area contributed by atoms with Crippen molar-refractivity contribution < 1.29 is 18.7 Å². The van der Waals surface area contributed by atoms with Gasteiger partial charge < -0.3 is 10.1 Å². The van der Waals surface area contributed by atoms with Crippen molar-refractivity contribution in [2.24, 2.45) is 5.92 Å².